The Morgan fingerprint density at radius 3 is 2.93 bits per heavy atom. The maximum atomic E-state index is 8.79. The van der Waals surface area contributed by atoms with E-state index < -0.39 is 0 Å². The number of nitrogen functional groups attached to an aromatic ring is 1. The van der Waals surface area contributed by atoms with Crippen molar-refractivity contribution in [3.63, 3.8) is 0 Å². The molecule has 2 N–H and O–H groups in total. The molecule has 4 heteroatoms. The summed E-state index contributed by atoms with van der Waals surface area (Å²) in [6, 6.07) is 7.37. The highest BCUT2D eigenvalue weighted by Crippen LogP contribution is 2.20. The average Bonchev–Trinajstić information content (AvgIpc) is 2.71. The van der Waals surface area contributed by atoms with Gasteiger partial charge in [0.2, 0.25) is 0 Å². The molecule has 4 nitrogen and oxygen atoms in total. The van der Waals surface area contributed by atoms with Crippen LogP contribution in [0.1, 0.15) is 5.56 Å². The molecule has 0 amide bonds. The van der Waals surface area contributed by atoms with E-state index in [1.807, 2.05) is 12.1 Å². The maximum absolute atomic E-state index is 8.79. The van der Waals surface area contributed by atoms with Crippen LogP contribution in [-0.2, 0) is 0 Å². The molecule has 0 saturated heterocycles. The normalized spacial score (nSPS) is 9.64. The number of anilines is 1. The smallest absolute Gasteiger partial charge is 0.101 e. The fraction of sp³-hybridized carbons (Fsp3) is 0. The summed E-state index contributed by atoms with van der Waals surface area (Å²) in [4.78, 5) is 3.92. The maximum Gasteiger partial charge on any atom is 0.101 e. The molecule has 0 spiro atoms. The van der Waals surface area contributed by atoms with Crippen molar-refractivity contribution in [3.05, 3.63) is 42.5 Å². The highest BCUT2D eigenvalue weighted by molar-refractivity contribution is 5.66. The van der Waals surface area contributed by atoms with Gasteiger partial charge in [0, 0.05) is 12.4 Å². The van der Waals surface area contributed by atoms with Crippen molar-refractivity contribution in [2.45, 2.75) is 0 Å². The molecule has 1 aromatic heterocycles. The van der Waals surface area contributed by atoms with E-state index in [4.69, 9.17) is 11.0 Å². The zero-order valence-corrected chi connectivity index (χ0v) is 7.38. The summed E-state index contributed by atoms with van der Waals surface area (Å²) < 4.78 is 1.77. The molecule has 0 unspecified atom stereocenters. The molecule has 1 heterocycles. The number of benzene rings is 1. The summed E-state index contributed by atoms with van der Waals surface area (Å²) in [6.45, 7) is 0. The Morgan fingerprint density at radius 2 is 2.29 bits per heavy atom. The van der Waals surface area contributed by atoms with E-state index in [0.717, 1.165) is 5.69 Å². The Balaban J connectivity index is 2.61. The number of nitrogens with zero attached hydrogens (tertiary/aromatic N) is 3. The Kier molecular flexibility index (Phi) is 1.92. The van der Waals surface area contributed by atoms with Gasteiger partial charge in [0.25, 0.3) is 0 Å². The Hall–Kier alpha value is -2.28. The Labute approximate surface area is 81.2 Å². The van der Waals surface area contributed by atoms with Gasteiger partial charge < -0.3 is 10.3 Å². The van der Waals surface area contributed by atoms with Gasteiger partial charge in [-0.2, -0.15) is 5.26 Å². The van der Waals surface area contributed by atoms with Crippen molar-refractivity contribution >= 4 is 5.69 Å². The second-order valence-electron chi connectivity index (χ2n) is 2.82. The summed E-state index contributed by atoms with van der Waals surface area (Å²) in [5, 5.41) is 8.79. The first kappa shape index (κ1) is 8.32. The van der Waals surface area contributed by atoms with Gasteiger partial charge in [0.1, 0.15) is 6.07 Å². The Bertz CT molecular complexity index is 479. The first-order chi connectivity index (χ1) is 6.83. The van der Waals surface area contributed by atoms with E-state index in [1.165, 1.54) is 0 Å². The third-order valence-corrected chi connectivity index (χ3v) is 1.99. The lowest BCUT2D eigenvalue weighted by atomic mass is 10.1. The molecule has 1 aromatic carbocycles. The highest BCUT2D eigenvalue weighted by atomic mass is 15.0. The van der Waals surface area contributed by atoms with Gasteiger partial charge in [0.05, 0.1) is 23.3 Å². The molecule has 0 atom stereocenters. The molecule has 14 heavy (non-hydrogen) atoms. The van der Waals surface area contributed by atoms with Gasteiger partial charge >= 0.3 is 0 Å². The summed E-state index contributed by atoms with van der Waals surface area (Å²) in [6.07, 6.45) is 5.10. The van der Waals surface area contributed by atoms with E-state index in [2.05, 4.69) is 4.98 Å². The number of hydrogen-bond donors (Lipinski definition) is 1. The summed E-state index contributed by atoms with van der Waals surface area (Å²) >= 11 is 0. The standard InChI is InChI=1S/C10H8N4/c11-6-8-2-1-3-9(10(8)12)14-5-4-13-7-14/h1-5,7H,12H2. The lowest BCUT2D eigenvalue weighted by Gasteiger charge is -2.06. The van der Waals surface area contributed by atoms with Gasteiger partial charge in [-0.25, -0.2) is 4.98 Å². The topological polar surface area (TPSA) is 67.6 Å². The number of nitrogens with two attached hydrogens (primary N) is 1. The largest absolute Gasteiger partial charge is 0.396 e. The van der Waals surface area contributed by atoms with Crippen molar-refractivity contribution in [1.29, 1.82) is 5.26 Å². The first-order valence-electron chi connectivity index (χ1n) is 4.10. The minimum absolute atomic E-state index is 0.480. The Morgan fingerprint density at radius 1 is 1.43 bits per heavy atom. The highest BCUT2D eigenvalue weighted by Gasteiger charge is 2.04. The molecule has 2 rings (SSSR count). The van der Waals surface area contributed by atoms with Gasteiger partial charge in [-0.1, -0.05) is 6.07 Å². The fourth-order valence-corrected chi connectivity index (χ4v) is 1.28. The van der Waals surface area contributed by atoms with Crippen molar-refractivity contribution in [2.75, 3.05) is 5.73 Å². The van der Waals surface area contributed by atoms with Crippen LogP contribution in [0.3, 0.4) is 0 Å². The summed E-state index contributed by atoms with van der Waals surface area (Å²) in [5.74, 6) is 0. The van der Waals surface area contributed by atoms with Crippen molar-refractivity contribution in [2.24, 2.45) is 0 Å². The van der Waals surface area contributed by atoms with Crippen LogP contribution in [0, 0.1) is 11.3 Å². The molecule has 0 aliphatic heterocycles. The second-order valence-corrected chi connectivity index (χ2v) is 2.82. The van der Waals surface area contributed by atoms with E-state index in [1.54, 1.807) is 35.4 Å². The molecular weight excluding hydrogens is 176 g/mol. The molecule has 68 valence electrons. The number of imidazole rings is 1. The number of hydrogen-bond acceptors (Lipinski definition) is 3. The van der Waals surface area contributed by atoms with Crippen LogP contribution in [0.15, 0.2) is 36.9 Å². The van der Waals surface area contributed by atoms with Crippen molar-refractivity contribution < 1.29 is 0 Å². The molecule has 2 aromatic rings. The van der Waals surface area contributed by atoms with E-state index >= 15 is 0 Å². The predicted octanol–water partition coefficient (Wildman–Crippen LogP) is 1.33. The number of para-hydroxylation sites is 1. The van der Waals surface area contributed by atoms with Gasteiger partial charge in [-0.15, -0.1) is 0 Å². The summed E-state index contributed by atoms with van der Waals surface area (Å²) in [5.41, 5.74) is 7.56. The summed E-state index contributed by atoms with van der Waals surface area (Å²) in [7, 11) is 0. The molecule has 0 radical (unpaired) electrons. The van der Waals surface area contributed by atoms with Crippen LogP contribution < -0.4 is 5.73 Å². The number of nitriles is 1. The minimum Gasteiger partial charge on any atom is -0.396 e. The SMILES string of the molecule is N#Cc1cccc(-n2ccnc2)c1N. The molecular formula is C10H8N4. The molecule has 0 fully saturated rings. The second kappa shape index (κ2) is 3.23. The van der Waals surface area contributed by atoms with Crippen molar-refractivity contribution in [3.8, 4) is 11.8 Å². The lowest BCUT2D eigenvalue weighted by molar-refractivity contribution is 1.06. The van der Waals surface area contributed by atoms with Crippen LogP contribution in [0.5, 0.6) is 0 Å². The van der Waals surface area contributed by atoms with E-state index in [-0.39, 0.29) is 0 Å². The zero-order chi connectivity index (χ0) is 9.97. The predicted molar refractivity (Wildman–Crippen MR) is 52.7 cm³/mol. The number of rotatable bonds is 1. The fourth-order valence-electron chi connectivity index (χ4n) is 1.28. The average molecular weight is 184 g/mol. The molecule has 0 aliphatic carbocycles. The number of aromatic nitrogens is 2. The molecule has 0 aliphatic rings. The zero-order valence-electron chi connectivity index (χ0n) is 7.38. The first-order valence-corrected chi connectivity index (χ1v) is 4.10. The van der Waals surface area contributed by atoms with Crippen LogP contribution in [0.2, 0.25) is 0 Å². The van der Waals surface area contributed by atoms with Gasteiger partial charge in [0.15, 0.2) is 0 Å². The molecule has 0 saturated carbocycles. The van der Waals surface area contributed by atoms with Gasteiger partial charge in [-0.05, 0) is 12.1 Å². The minimum atomic E-state index is 0.480. The van der Waals surface area contributed by atoms with Crippen LogP contribution in [0.25, 0.3) is 5.69 Å². The van der Waals surface area contributed by atoms with E-state index in [9.17, 15) is 0 Å². The van der Waals surface area contributed by atoms with E-state index in [0.29, 0.717) is 11.3 Å². The third kappa shape index (κ3) is 1.21. The quantitative estimate of drug-likeness (QED) is 0.680. The van der Waals surface area contributed by atoms with Crippen LogP contribution >= 0.6 is 0 Å². The van der Waals surface area contributed by atoms with Gasteiger partial charge in [-0.3, -0.25) is 0 Å². The van der Waals surface area contributed by atoms with Crippen LogP contribution in [0.4, 0.5) is 5.69 Å². The lowest BCUT2D eigenvalue weighted by Crippen LogP contribution is -1.99. The third-order valence-electron chi connectivity index (χ3n) is 1.99. The van der Waals surface area contributed by atoms with Crippen LogP contribution in [-0.4, -0.2) is 9.55 Å². The monoisotopic (exact) mass is 184 g/mol. The molecule has 0 bridgehead atoms. The van der Waals surface area contributed by atoms with Crippen molar-refractivity contribution in [1.82, 2.24) is 9.55 Å².